The normalized spacial score (nSPS) is 12.9. The highest BCUT2D eigenvalue weighted by atomic mass is 32.2. The van der Waals surface area contributed by atoms with Crippen molar-refractivity contribution >= 4 is 17.8 Å². The molecule has 0 aliphatic heterocycles. The molecule has 1 aromatic rings. The molecule has 1 unspecified atom stereocenters. The first-order chi connectivity index (χ1) is 7.72. The van der Waals surface area contributed by atoms with Crippen LogP contribution in [0.1, 0.15) is 18.9 Å². The predicted octanol–water partition coefficient (Wildman–Crippen LogP) is 3.72. The summed E-state index contributed by atoms with van der Waals surface area (Å²) in [6, 6.07) is 9.97. The number of hydrogen-bond donors (Lipinski definition) is 1. The summed E-state index contributed by atoms with van der Waals surface area (Å²) in [4.78, 5) is 1.03. The van der Waals surface area contributed by atoms with Crippen LogP contribution in [-0.4, -0.2) is 17.0 Å². The fourth-order valence-corrected chi connectivity index (χ4v) is 2.05. The van der Waals surface area contributed by atoms with E-state index < -0.39 is 6.10 Å². The molecule has 0 bridgehead atoms. The summed E-state index contributed by atoms with van der Waals surface area (Å²) in [5.74, 6) is 1.01. The van der Waals surface area contributed by atoms with Gasteiger partial charge in [-0.15, -0.1) is 11.8 Å². The van der Waals surface area contributed by atoms with Gasteiger partial charge in [-0.2, -0.15) is 0 Å². The fourth-order valence-electron chi connectivity index (χ4n) is 1.35. The molecule has 0 saturated heterocycles. The number of benzene rings is 1. The second-order valence-electron chi connectivity index (χ2n) is 3.51. The van der Waals surface area contributed by atoms with Gasteiger partial charge in [0.1, 0.15) is 0 Å². The van der Waals surface area contributed by atoms with Crippen molar-refractivity contribution in [2.24, 2.45) is 0 Å². The molecule has 0 radical (unpaired) electrons. The zero-order chi connectivity index (χ0) is 11.8. The molecular weight excluding hydrogens is 216 g/mol. The van der Waals surface area contributed by atoms with Crippen molar-refractivity contribution in [1.82, 2.24) is 0 Å². The van der Waals surface area contributed by atoms with Crippen molar-refractivity contribution in [3.05, 3.63) is 53.5 Å². The highest BCUT2D eigenvalue weighted by Gasteiger charge is 2.01. The number of hydrogen-bond acceptors (Lipinski definition) is 2. The van der Waals surface area contributed by atoms with Crippen LogP contribution >= 0.6 is 11.8 Å². The summed E-state index contributed by atoms with van der Waals surface area (Å²) in [7, 11) is 0. The van der Waals surface area contributed by atoms with Crippen LogP contribution in [-0.2, 0) is 0 Å². The Morgan fingerprint density at radius 3 is 2.75 bits per heavy atom. The van der Waals surface area contributed by atoms with Gasteiger partial charge >= 0.3 is 0 Å². The van der Waals surface area contributed by atoms with Crippen LogP contribution in [0.2, 0.25) is 0 Å². The smallest absolute Gasteiger partial charge is 0.0769 e. The first-order valence-electron chi connectivity index (χ1n) is 5.44. The molecule has 1 rings (SSSR count). The molecule has 0 aromatic heterocycles. The Morgan fingerprint density at radius 2 is 2.12 bits per heavy atom. The van der Waals surface area contributed by atoms with E-state index in [-0.39, 0.29) is 0 Å². The number of thioether (sulfide) groups is 1. The molecule has 0 heterocycles. The van der Waals surface area contributed by atoms with Crippen LogP contribution in [0.4, 0.5) is 0 Å². The molecule has 2 heteroatoms. The maximum atomic E-state index is 9.75. The molecule has 0 aliphatic rings. The highest BCUT2D eigenvalue weighted by Crippen LogP contribution is 2.19. The van der Waals surface area contributed by atoms with Crippen molar-refractivity contribution < 1.29 is 5.11 Å². The Balaban J connectivity index is 2.42. The Kier molecular flexibility index (Phi) is 5.98. The van der Waals surface area contributed by atoms with Crippen LogP contribution in [0.15, 0.2) is 47.9 Å². The minimum Gasteiger partial charge on any atom is -0.389 e. The fraction of sp³-hybridized carbons (Fsp3) is 0.286. The van der Waals surface area contributed by atoms with Gasteiger partial charge in [0.05, 0.1) is 6.10 Å². The lowest BCUT2D eigenvalue weighted by Crippen LogP contribution is -2.01. The van der Waals surface area contributed by atoms with E-state index >= 15 is 0 Å². The molecular formula is C14H18OS. The Bertz CT molecular complexity index is 343. The van der Waals surface area contributed by atoms with Gasteiger partial charge in [0, 0.05) is 6.42 Å². The average Bonchev–Trinajstić information content (AvgIpc) is 2.28. The molecule has 0 spiro atoms. The Hall–Kier alpha value is -0.990. The van der Waals surface area contributed by atoms with E-state index in [1.165, 1.54) is 0 Å². The van der Waals surface area contributed by atoms with Crippen molar-refractivity contribution in [2.45, 2.75) is 19.4 Å². The molecule has 1 atom stereocenters. The molecule has 16 heavy (non-hydrogen) atoms. The molecule has 1 N–H and O–H groups in total. The summed E-state index contributed by atoms with van der Waals surface area (Å²) in [5, 5.41) is 9.75. The van der Waals surface area contributed by atoms with Gasteiger partial charge in [0.15, 0.2) is 0 Å². The number of rotatable bonds is 6. The van der Waals surface area contributed by atoms with E-state index in [4.69, 9.17) is 0 Å². The Morgan fingerprint density at radius 1 is 1.44 bits per heavy atom. The SMILES string of the molecule is C=C(CC(O)/C=C/c1ccccc1)SCC. The first-order valence-corrected chi connectivity index (χ1v) is 6.43. The van der Waals surface area contributed by atoms with Gasteiger partial charge in [-0.1, -0.05) is 56.0 Å². The van der Waals surface area contributed by atoms with Crippen molar-refractivity contribution in [1.29, 1.82) is 0 Å². The van der Waals surface area contributed by atoms with Gasteiger partial charge < -0.3 is 5.11 Å². The summed E-state index contributed by atoms with van der Waals surface area (Å²) >= 11 is 1.69. The quantitative estimate of drug-likeness (QED) is 0.809. The molecule has 0 amide bonds. The van der Waals surface area contributed by atoms with E-state index in [0.29, 0.717) is 6.42 Å². The lowest BCUT2D eigenvalue weighted by atomic mass is 10.1. The van der Waals surface area contributed by atoms with Crippen LogP contribution in [0.25, 0.3) is 6.08 Å². The van der Waals surface area contributed by atoms with Gasteiger partial charge in [-0.3, -0.25) is 0 Å². The molecule has 86 valence electrons. The molecule has 1 nitrogen and oxygen atoms in total. The maximum Gasteiger partial charge on any atom is 0.0769 e. The average molecular weight is 234 g/mol. The van der Waals surface area contributed by atoms with E-state index in [2.05, 4.69) is 13.5 Å². The second kappa shape index (κ2) is 7.31. The van der Waals surface area contributed by atoms with Crippen molar-refractivity contribution in [3.8, 4) is 0 Å². The molecule has 1 aromatic carbocycles. The van der Waals surface area contributed by atoms with Crippen LogP contribution < -0.4 is 0 Å². The molecule has 0 aliphatic carbocycles. The predicted molar refractivity (Wildman–Crippen MR) is 73.4 cm³/mol. The molecule has 0 fully saturated rings. The summed E-state index contributed by atoms with van der Waals surface area (Å²) in [6.07, 6.45) is 3.94. The van der Waals surface area contributed by atoms with E-state index in [1.54, 1.807) is 11.8 Å². The summed E-state index contributed by atoms with van der Waals surface area (Å²) in [6.45, 7) is 5.99. The maximum absolute atomic E-state index is 9.75. The zero-order valence-electron chi connectivity index (χ0n) is 9.60. The Labute approximate surface area is 102 Å². The minimum absolute atomic E-state index is 0.438. The minimum atomic E-state index is -0.438. The topological polar surface area (TPSA) is 20.2 Å². The number of aliphatic hydroxyl groups excluding tert-OH is 1. The summed E-state index contributed by atoms with van der Waals surface area (Å²) < 4.78 is 0. The van der Waals surface area contributed by atoms with E-state index in [1.807, 2.05) is 42.5 Å². The lowest BCUT2D eigenvalue weighted by Gasteiger charge is -2.07. The highest BCUT2D eigenvalue weighted by molar-refractivity contribution is 8.03. The van der Waals surface area contributed by atoms with Gasteiger partial charge in [-0.05, 0) is 16.2 Å². The first kappa shape index (κ1) is 13.1. The van der Waals surface area contributed by atoms with Crippen molar-refractivity contribution in [2.75, 3.05) is 5.75 Å². The standard InChI is InChI=1S/C14H18OS/c1-3-16-12(2)11-14(15)10-9-13-7-5-4-6-8-13/h4-10,14-15H,2-3,11H2,1H3/b10-9+. The molecule has 0 saturated carbocycles. The van der Waals surface area contributed by atoms with Crippen molar-refractivity contribution in [3.63, 3.8) is 0 Å². The zero-order valence-corrected chi connectivity index (χ0v) is 10.4. The summed E-state index contributed by atoms with van der Waals surface area (Å²) in [5.41, 5.74) is 1.11. The third-order valence-corrected chi connectivity index (χ3v) is 2.96. The van der Waals surface area contributed by atoms with Gasteiger partial charge in [-0.25, -0.2) is 0 Å². The lowest BCUT2D eigenvalue weighted by molar-refractivity contribution is 0.227. The second-order valence-corrected chi connectivity index (χ2v) is 4.96. The van der Waals surface area contributed by atoms with Crippen LogP contribution in [0, 0.1) is 0 Å². The monoisotopic (exact) mass is 234 g/mol. The van der Waals surface area contributed by atoms with Crippen LogP contribution in [0.5, 0.6) is 0 Å². The largest absolute Gasteiger partial charge is 0.389 e. The van der Waals surface area contributed by atoms with Crippen LogP contribution in [0.3, 0.4) is 0 Å². The third kappa shape index (κ3) is 5.19. The van der Waals surface area contributed by atoms with E-state index in [9.17, 15) is 5.11 Å². The van der Waals surface area contributed by atoms with Gasteiger partial charge in [0.25, 0.3) is 0 Å². The third-order valence-electron chi connectivity index (χ3n) is 2.10. The number of aliphatic hydroxyl groups is 1. The van der Waals surface area contributed by atoms with Gasteiger partial charge in [0.2, 0.25) is 0 Å². The van der Waals surface area contributed by atoms with E-state index in [0.717, 1.165) is 16.2 Å².